The molecule has 0 saturated carbocycles. The van der Waals surface area contributed by atoms with Gasteiger partial charge in [0, 0.05) is 6.08 Å². The van der Waals surface area contributed by atoms with Gasteiger partial charge in [0.15, 0.2) is 0 Å². The minimum atomic E-state index is -0.446. The number of hydrogen-bond acceptors (Lipinski definition) is 3. The molecule has 0 aromatic rings. The van der Waals surface area contributed by atoms with E-state index in [2.05, 4.69) is 11.3 Å². The quantitative estimate of drug-likeness (QED) is 0.211. The average Bonchev–Trinajstić information content (AvgIpc) is 2.12. The zero-order valence-electron chi connectivity index (χ0n) is 7.53. The van der Waals surface area contributed by atoms with E-state index in [1.165, 1.54) is 24.3 Å². The van der Waals surface area contributed by atoms with E-state index in [1.54, 1.807) is 6.92 Å². The molecule has 0 rings (SSSR count). The summed E-state index contributed by atoms with van der Waals surface area (Å²) in [5, 5.41) is 0. The van der Waals surface area contributed by atoms with E-state index >= 15 is 0 Å². The molecule has 0 amide bonds. The monoisotopic (exact) mass is 180 g/mol. The first-order chi connectivity index (χ1) is 6.20. The highest BCUT2D eigenvalue weighted by Gasteiger charge is 1.92. The van der Waals surface area contributed by atoms with Gasteiger partial charge in [-0.1, -0.05) is 18.7 Å². The van der Waals surface area contributed by atoms with E-state index in [1.807, 2.05) is 0 Å². The van der Waals surface area contributed by atoms with Crippen molar-refractivity contribution in [2.75, 3.05) is 6.61 Å². The second kappa shape index (κ2) is 7.03. The number of hydrogen-bond donors (Lipinski definition) is 0. The van der Waals surface area contributed by atoms with Crippen LogP contribution >= 0.6 is 0 Å². The molecule has 0 aliphatic carbocycles. The summed E-state index contributed by atoms with van der Waals surface area (Å²) < 4.78 is 4.66. The van der Waals surface area contributed by atoms with E-state index < -0.39 is 5.97 Å². The van der Waals surface area contributed by atoms with Crippen molar-refractivity contribution in [1.82, 2.24) is 0 Å². The Morgan fingerprint density at radius 2 is 2.15 bits per heavy atom. The zero-order chi connectivity index (χ0) is 10.1. The maximum Gasteiger partial charge on any atom is 0.331 e. The molecule has 0 aromatic carbocycles. The summed E-state index contributed by atoms with van der Waals surface area (Å²) in [6, 6.07) is 0. The molecule has 0 spiro atoms. The normalized spacial score (nSPS) is 11.3. The highest BCUT2D eigenvalue weighted by molar-refractivity contribution is 5.82. The zero-order valence-corrected chi connectivity index (χ0v) is 7.53. The summed E-state index contributed by atoms with van der Waals surface area (Å²) in [5.41, 5.74) is 0.700. The van der Waals surface area contributed by atoms with E-state index in [-0.39, 0.29) is 6.61 Å². The maximum atomic E-state index is 10.8. The van der Waals surface area contributed by atoms with Crippen molar-refractivity contribution in [2.24, 2.45) is 0 Å². The Bertz CT molecular complexity index is 249. The number of carbonyl (C=O) groups is 2. The molecule has 13 heavy (non-hydrogen) atoms. The Balaban J connectivity index is 3.96. The van der Waals surface area contributed by atoms with Gasteiger partial charge in [0.2, 0.25) is 0 Å². The molecular formula is C10H12O3. The standard InChI is InChI=1S/C10H12O3/c1-3-8-13-10(12)5-4-9(2)6-7-11/h3-7H,1,8H2,2H3. The molecule has 0 heterocycles. The van der Waals surface area contributed by atoms with Gasteiger partial charge in [-0.15, -0.1) is 0 Å². The molecule has 3 nitrogen and oxygen atoms in total. The van der Waals surface area contributed by atoms with Gasteiger partial charge in [-0.2, -0.15) is 0 Å². The third-order valence-electron chi connectivity index (χ3n) is 1.16. The molecular weight excluding hydrogens is 168 g/mol. The van der Waals surface area contributed by atoms with Gasteiger partial charge in [-0.25, -0.2) is 4.79 Å². The molecule has 0 aliphatic rings. The number of carbonyl (C=O) groups excluding carboxylic acids is 2. The highest BCUT2D eigenvalue weighted by Crippen LogP contribution is 1.93. The fraction of sp³-hybridized carbons (Fsp3) is 0.200. The average molecular weight is 180 g/mol. The van der Waals surface area contributed by atoms with Crippen LogP contribution in [0, 0.1) is 0 Å². The highest BCUT2D eigenvalue weighted by atomic mass is 16.5. The first kappa shape index (κ1) is 11.4. The lowest BCUT2D eigenvalue weighted by molar-refractivity contribution is -0.136. The Hall–Kier alpha value is -1.64. The van der Waals surface area contributed by atoms with Crippen molar-refractivity contribution in [3.8, 4) is 0 Å². The topological polar surface area (TPSA) is 43.4 Å². The summed E-state index contributed by atoms with van der Waals surface area (Å²) >= 11 is 0. The van der Waals surface area contributed by atoms with Crippen LogP contribution in [-0.4, -0.2) is 18.9 Å². The summed E-state index contributed by atoms with van der Waals surface area (Å²) in [5.74, 6) is -0.446. The fourth-order valence-corrected chi connectivity index (χ4v) is 0.552. The van der Waals surface area contributed by atoms with Gasteiger partial charge in [0.25, 0.3) is 0 Å². The lowest BCUT2D eigenvalue weighted by atomic mass is 10.2. The lowest BCUT2D eigenvalue weighted by Crippen LogP contribution is -1.99. The van der Waals surface area contributed by atoms with Gasteiger partial charge in [0.05, 0.1) is 0 Å². The number of aldehydes is 1. The Morgan fingerprint density at radius 1 is 1.46 bits per heavy atom. The number of rotatable bonds is 5. The fourth-order valence-electron chi connectivity index (χ4n) is 0.552. The lowest BCUT2D eigenvalue weighted by Gasteiger charge is -1.94. The van der Waals surface area contributed by atoms with E-state index in [9.17, 15) is 9.59 Å². The van der Waals surface area contributed by atoms with Crippen LogP contribution in [0.5, 0.6) is 0 Å². The molecule has 3 heteroatoms. The third kappa shape index (κ3) is 6.75. The molecule has 0 aliphatic heterocycles. The Labute approximate surface area is 77.4 Å². The van der Waals surface area contributed by atoms with Crippen molar-refractivity contribution in [1.29, 1.82) is 0 Å². The van der Waals surface area contributed by atoms with Crippen molar-refractivity contribution in [3.05, 3.63) is 36.5 Å². The van der Waals surface area contributed by atoms with Gasteiger partial charge in [0.1, 0.15) is 12.9 Å². The molecule has 70 valence electrons. The predicted octanol–water partition coefficient (Wildman–Crippen LogP) is 1.42. The summed E-state index contributed by atoms with van der Waals surface area (Å²) in [6.07, 6.45) is 6.28. The Morgan fingerprint density at radius 3 is 2.69 bits per heavy atom. The maximum absolute atomic E-state index is 10.8. The largest absolute Gasteiger partial charge is 0.458 e. The van der Waals surface area contributed by atoms with E-state index in [0.717, 1.165) is 0 Å². The van der Waals surface area contributed by atoms with Crippen LogP contribution in [0.3, 0.4) is 0 Å². The van der Waals surface area contributed by atoms with Gasteiger partial charge < -0.3 is 4.74 Å². The molecule has 0 fully saturated rings. The second-order valence-corrected chi connectivity index (χ2v) is 2.30. The minimum Gasteiger partial charge on any atom is -0.458 e. The van der Waals surface area contributed by atoms with Crippen LogP contribution in [-0.2, 0) is 14.3 Å². The Kier molecular flexibility index (Phi) is 6.15. The first-order valence-electron chi connectivity index (χ1n) is 3.78. The predicted molar refractivity (Wildman–Crippen MR) is 50.1 cm³/mol. The number of allylic oxidation sites excluding steroid dienone is 3. The van der Waals surface area contributed by atoms with Gasteiger partial charge >= 0.3 is 5.97 Å². The summed E-state index contributed by atoms with van der Waals surface area (Å²) in [4.78, 5) is 20.8. The van der Waals surface area contributed by atoms with Crippen LogP contribution in [0.25, 0.3) is 0 Å². The van der Waals surface area contributed by atoms with Crippen molar-refractivity contribution < 1.29 is 14.3 Å². The van der Waals surface area contributed by atoms with Gasteiger partial charge in [-0.3, -0.25) is 4.79 Å². The van der Waals surface area contributed by atoms with E-state index in [0.29, 0.717) is 11.9 Å². The molecule has 0 unspecified atom stereocenters. The van der Waals surface area contributed by atoms with Crippen LogP contribution in [0.2, 0.25) is 0 Å². The number of ether oxygens (including phenoxy) is 1. The van der Waals surface area contributed by atoms with Crippen LogP contribution in [0.1, 0.15) is 6.92 Å². The molecule has 0 radical (unpaired) electrons. The van der Waals surface area contributed by atoms with Crippen molar-refractivity contribution >= 4 is 12.3 Å². The molecule has 0 N–H and O–H groups in total. The molecule has 0 aromatic heterocycles. The molecule has 0 saturated heterocycles. The van der Waals surface area contributed by atoms with Crippen molar-refractivity contribution in [2.45, 2.75) is 6.92 Å². The first-order valence-corrected chi connectivity index (χ1v) is 3.78. The van der Waals surface area contributed by atoms with Crippen LogP contribution < -0.4 is 0 Å². The van der Waals surface area contributed by atoms with Crippen molar-refractivity contribution in [3.63, 3.8) is 0 Å². The smallest absolute Gasteiger partial charge is 0.331 e. The summed E-state index contributed by atoms with van der Waals surface area (Å²) in [7, 11) is 0. The number of esters is 1. The summed E-state index contributed by atoms with van der Waals surface area (Å²) in [6.45, 7) is 5.31. The molecule has 0 atom stereocenters. The van der Waals surface area contributed by atoms with Crippen LogP contribution in [0.4, 0.5) is 0 Å². The minimum absolute atomic E-state index is 0.194. The SMILES string of the molecule is C=CCOC(=O)C=CC(C)=CC=O. The van der Waals surface area contributed by atoms with Gasteiger partial charge in [-0.05, 0) is 18.6 Å². The third-order valence-corrected chi connectivity index (χ3v) is 1.16. The van der Waals surface area contributed by atoms with Crippen LogP contribution in [0.15, 0.2) is 36.5 Å². The van der Waals surface area contributed by atoms with E-state index in [4.69, 9.17) is 0 Å². The molecule has 0 bridgehead atoms. The second-order valence-electron chi connectivity index (χ2n) is 2.30.